The summed E-state index contributed by atoms with van der Waals surface area (Å²) >= 11 is 13.0. The molecule has 2 bridgehead atoms. The second-order valence-electron chi connectivity index (χ2n) is 13.0. The van der Waals surface area contributed by atoms with Crippen molar-refractivity contribution in [3.8, 4) is 17.0 Å². The average molecular weight is 609 g/mol. The fourth-order valence-corrected chi connectivity index (χ4v) is 7.27. The maximum atomic E-state index is 10.2. The second kappa shape index (κ2) is 10.5. The molecule has 220 valence electrons. The highest BCUT2D eigenvalue weighted by atomic mass is 35.5. The zero-order valence-corrected chi connectivity index (χ0v) is 25.5. The predicted molar refractivity (Wildman–Crippen MR) is 162 cm³/mol. The maximum Gasteiger partial charge on any atom is 0.145 e. The van der Waals surface area contributed by atoms with Crippen LogP contribution in [0.3, 0.4) is 0 Å². The van der Waals surface area contributed by atoms with E-state index >= 15 is 0 Å². The lowest BCUT2D eigenvalue weighted by Crippen LogP contribution is -2.50. The van der Waals surface area contributed by atoms with E-state index in [9.17, 15) is 5.11 Å². The van der Waals surface area contributed by atoms with Crippen LogP contribution in [-0.4, -0.2) is 38.0 Å². The molecule has 0 unspecified atom stereocenters. The monoisotopic (exact) mass is 607 g/mol. The fraction of sp³-hybridized carbons (Fsp3) is 0.485. The van der Waals surface area contributed by atoms with Gasteiger partial charge in [0.15, 0.2) is 0 Å². The Hall–Kier alpha value is -2.71. The smallest absolute Gasteiger partial charge is 0.145 e. The highest BCUT2D eigenvalue weighted by Crippen LogP contribution is 2.55. The molecule has 0 amide bonds. The summed E-state index contributed by atoms with van der Waals surface area (Å²) in [6.45, 7) is 4.12. The summed E-state index contributed by atoms with van der Waals surface area (Å²) in [5, 5.41) is 16.5. The largest absolute Gasteiger partial charge is 0.488 e. The van der Waals surface area contributed by atoms with Crippen LogP contribution in [0.5, 0.6) is 5.75 Å². The predicted octanol–water partition coefficient (Wildman–Crippen LogP) is 8.18. The number of para-hydroxylation sites is 1. The maximum absolute atomic E-state index is 10.2. The Morgan fingerprint density at radius 2 is 1.71 bits per heavy atom. The molecule has 3 aromatic heterocycles. The molecule has 0 spiro atoms. The number of hydrogen-bond acceptors (Lipinski definition) is 7. The summed E-state index contributed by atoms with van der Waals surface area (Å²) in [5.74, 6) is 1.99. The number of aromatic nitrogens is 3. The van der Waals surface area contributed by atoms with Gasteiger partial charge in [0.2, 0.25) is 0 Å². The molecule has 3 heterocycles. The van der Waals surface area contributed by atoms with Crippen LogP contribution in [0.4, 0.5) is 0 Å². The molecule has 7 nitrogen and oxygen atoms in total. The molecule has 1 aromatic carbocycles. The van der Waals surface area contributed by atoms with Crippen LogP contribution >= 0.6 is 23.2 Å². The third kappa shape index (κ3) is 5.19. The number of ether oxygens (including phenoxy) is 2. The standard InChI is InChI=1S/C33H35Cl2N3O4/c1-31(2,39)19-40-25-5-3-4-20-8-9-26(37-28(20)25)32-10-13-33(14-11-32,15-12-32)41-18-22-29(38-42-30(22)21-6-7-21)27-23(34)16-36-17-24(27)35/h3-5,8-9,16-17,21,39H,6-7,10-15,18-19H2,1-2H3. The number of halogens is 2. The van der Waals surface area contributed by atoms with Gasteiger partial charge >= 0.3 is 0 Å². The van der Waals surface area contributed by atoms with Crippen LogP contribution in [0.2, 0.25) is 10.0 Å². The molecular formula is C33H35Cl2N3O4. The minimum atomic E-state index is -0.919. The van der Waals surface area contributed by atoms with Gasteiger partial charge in [-0.2, -0.15) is 0 Å². The molecule has 8 rings (SSSR count). The van der Waals surface area contributed by atoms with Gasteiger partial charge < -0.3 is 19.1 Å². The second-order valence-corrected chi connectivity index (χ2v) is 13.8. The van der Waals surface area contributed by atoms with Crippen molar-refractivity contribution in [2.75, 3.05) is 6.61 Å². The molecular weight excluding hydrogens is 573 g/mol. The van der Waals surface area contributed by atoms with E-state index < -0.39 is 5.60 Å². The number of rotatable bonds is 9. The van der Waals surface area contributed by atoms with E-state index in [4.69, 9.17) is 42.2 Å². The lowest BCUT2D eigenvalue weighted by atomic mass is 9.57. The quantitative estimate of drug-likeness (QED) is 0.205. The molecule has 0 aliphatic heterocycles. The van der Waals surface area contributed by atoms with Crippen molar-refractivity contribution in [2.24, 2.45) is 0 Å². The molecule has 1 N–H and O–H groups in total. The summed E-state index contributed by atoms with van der Waals surface area (Å²) in [6.07, 6.45) is 11.3. The Labute approximate surface area is 255 Å². The molecule has 9 heteroatoms. The van der Waals surface area contributed by atoms with Crippen molar-refractivity contribution in [3.63, 3.8) is 0 Å². The minimum absolute atomic E-state index is 0.0300. The zero-order chi connectivity index (χ0) is 29.1. The summed E-state index contributed by atoms with van der Waals surface area (Å²) in [7, 11) is 0. The van der Waals surface area contributed by atoms with Crippen LogP contribution in [0.15, 0.2) is 47.2 Å². The van der Waals surface area contributed by atoms with Crippen LogP contribution in [-0.2, 0) is 16.8 Å². The SMILES string of the molecule is CC(C)(O)COc1cccc2ccc(C34CCC(OCc5c(-c6c(Cl)cncc6Cl)noc5C5CC5)(CC3)CC4)nc12. The van der Waals surface area contributed by atoms with Crippen molar-refractivity contribution in [1.29, 1.82) is 0 Å². The number of benzene rings is 1. The summed E-state index contributed by atoms with van der Waals surface area (Å²) < 4.78 is 18.7. The Morgan fingerprint density at radius 3 is 2.38 bits per heavy atom. The third-order valence-electron chi connectivity index (χ3n) is 9.36. The Bertz CT molecular complexity index is 1600. The lowest BCUT2D eigenvalue weighted by molar-refractivity contribution is -0.127. The molecule has 4 aliphatic rings. The third-order valence-corrected chi connectivity index (χ3v) is 9.94. The van der Waals surface area contributed by atoms with Gasteiger partial charge in [0.25, 0.3) is 0 Å². The Balaban J connectivity index is 1.11. The number of hydrogen-bond donors (Lipinski definition) is 1. The molecule has 4 fully saturated rings. The summed E-state index contributed by atoms with van der Waals surface area (Å²) in [5.41, 5.74) is 3.19. The van der Waals surface area contributed by atoms with Crippen molar-refractivity contribution >= 4 is 34.1 Å². The van der Waals surface area contributed by atoms with Gasteiger partial charge in [0, 0.05) is 45.9 Å². The van der Waals surface area contributed by atoms with E-state index in [1.807, 2.05) is 12.1 Å². The van der Waals surface area contributed by atoms with E-state index in [0.29, 0.717) is 39.6 Å². The highest BCUT2D eigenvalue weighted by Gasteiger charge is 2.51. The van der Waals surface area contributed by atoms with Gasteiger partial charge in [-0.05, 0) is 77.3 Å². The first-order chi connectivity index (χ1) is 20.2. The summed E-state index contributed by atoms with van der Waals surface area (Å²) in [6, 6.07) is 10.3. The van der Waals surface area contributed by atoms with Gasteiger partial charge in [-0.3, -0.25) is 4.98 Å². The van der Waals surface area contributed by atoms with E-state index in [1.54, 1.807) is 26.2 Å². The lowest BCUT2D eigenvalue weighted by Gasteiger charge is -2.52. The van der Waals surface area contributed by atoms with Gasteiger partial charge in [0.1, 0.15) is 29.3 Å². The molecule has 0 saturated heterocycles. The molecule has 0 radical (unpaired) electrons. The van der Waals surface area contributed by atoms with Crippen LogP contribution < -0.4 is 4.74 Å². The van der Waals surface area contributed by atoms with E-state index in [1.165, 1.54) is 0 Å². The normalized spacial score (nSPS) is 23.9. The van der Waals surface area contributed by atoms with E-state index in [0.717, 1.165) is 79.3 Å². The van der Waals surface area contributed by atoms with Crippen molar-refractivity contribution < 1.29 is 19.1 Å². The van der Waals surface area contributed by atoms with Gasteiger partial charge in [-0.25, -0.2) is 4.98 Å². The van der Waals surface area contributed by atoms with Crippen molar-refractivity contribution in [1.82, 2.24) is 15.1 Å². The number of fused-ring (bicyclic) bond motifs is 4. The molecule has 0 atom stereocenters. The van der Waals surface area contributed by atoms with Crippen LogP contribution in [0.1, 0.15) is 88.1 Å². The first-order valence-corrected chi connectivity index (χ1v) is 15.6. The van der Waals surface area contributed by atoms with E-state index in [-0.39, 0.29) is 17.6 Å². The van der Waals surface area contributed by atoms with Gasteiger partial charge in [-0.15, -0.1) is 0 Å². The topological polar surface area (TPSA) is 90.5 Å². The zero-order valence-electron chi connectivity index (χ0n) is 24.0. The first kappa shape index (κ1) is 28.1. The van der Waals surface area contributed by atoms with Crippen LogP contribution in [0, 0.1) is 0 Å². The minimum Gasteiger partial charge on any atom is -0.488 e. The Kier molecular flexibility index (Phi) is 7.01. The van der Waals surface area contributed by atoms with Crippen molar-refractivity contribution in [3.05, 3.63) is 69.8 Å². The van der Waals surface area contributed by atoms with E-state index in [2.05, 4.69) is 28.3 Å². The van der Waals surface area contributed by atoms with Crippen molar-refractivity contribution in [2.45, 2.75) is 94.4 Å². The summed E-state index contributed by atoms with van der Waals surface area (Å²) in [4.78, 5) is 9.28. The fourth-order valence-electron chi connectivity index (χ4n) is 6.73. The first-order valence-electron chi connectivity index (χ1n) is 14.8. The number of nitrogens with zero attached hydrogens (tertiary/aromatic N) is 3. The molecule has 4 aromatic rings. The Morgan fingerprint density at radius 1 is 1.00 bits per heavy atom. The number of pyridine rings is 2. The average Bonchev–Trinajstić information content (AvgIpc) is 3.75. The van der Waals surface area contributed by atoms with Gasteiger partial charge in [-0.1, -0.05) is 46.6 Å². The molecule has 4 saturated carbocycles. The molecule has 42 heavy (non-hydrogen) atoms. The van der Waals surface area contributed by atoms with Gasteiger partial charge in [0.05, 0.1) is 27.9 Å². The van der Waals surface area contributed by atoms with Crippen LogP contribution in [0.25, 0.3) is 22.2 Å². The number of aliphatic hydroxyl groups is 1. The molecule has 4 aliphatic carbocycles. The highest BCUT2D eigenvalue weighted by molar-refractivity contribution is 6.38.